The molecule has 0 aromatic heterocycles. The summed E-state index contributed by atoms with van der Waals surface area (Å²) in [6.07, 6.45) is 1.09. The van der Waals surface area contributed by atoms with Gasteiger partial charge in [-0.15, -0.1) is 0 Å². The molecule has 0 spiro atoms. The molecule has 6 nitrogen and oxygen atoms in total. The molecule has 60 valence electrons. The largest absolute Gasteiger partial charge is 0.480 e. The number of carboxylic acid groups (broad SMARTS) is 1. The minimum Gasteiger partial charge on any atom is -0.480 e. The lowest BCUT2D eigenvalue weighted by Gasteiger charge is -2.16. The molecule has 1 atom stereocenters. The number of aliphatic carboxylic acids is 1. The molecule has 0 aromatic carbocycles. The lowest BCUT2D eigenvalue weighted by atomic mass is 10.1. The molecule has 1 fully saturated rings. The summed E-state index contributed by atoms with van der Waals surface area (Å²) in [6, 6.07) is 0. The van der Waals surface area contributed by atoms with E-state index in [4.69, 9.17) is 10.6 Å². The maximum Gasteiger partial charge on any atom is 0.330 e. The van der Waals surface area contributed by atoms with Crippen molar-refractivity contribution >= 4 is 5.97 Å². The number of rotatable bonds is 2. The zero-order chi connectivity index (χ0) is 8.32. The summed E-state index contributed by atoms with van der Waals surface area (Å²) in [7, 11) is 0. The Morgan fingerprint density at radius 3 is 2.91 bits per heavy atom. The predicted molar refractivity (Wildman–Crippen MR) is 36.7 cm³/mol. The first-order valence-corrected chi connectivity index (χ1v) is 3.26. The maximum absolute atomic E-state index is 10.6. The number of hydrogen-bond donors (Lipinski definition) is 2. The molecule has 0 radical (unpaired) electrons. The van der Waals surface area contributed by atoms with Gasteiger partial charge in [-0.1, -0.05) is 5.11 Å². The van der Waals surface area contributed by atoms with Crippen molar-refractivity contribution in [1.29, 1.82) is 0 Å². The molecule has 6 heteroatoms. The molecule has 1 rings (SSSR count). The van der Waals surface area contributed by atoms with E-state index in [0.29, 0.717) is 13.0 Å². The average molecular weight is 156 g/mol. The summed E-state index contributed by atoms with van der Waals surface area (Å²) in [5.74, 6) is -1.10. The van der Waals surface area contributed by atoms with E-state index in [1.807, 2.05) is 0 Å². The van der Waals surface area contributed by atoms with Gasteiger partial charge >= 0.3 is 5.97 Å². The summed E-state index contributed by atoms with van der Waals surface area (Å²) in [5.41, 5.74) is 6.72. The topological polar surface area (TPSA) is 98.1 Å². The smallest absolute Gasteiger partial charge is 0.330 e. The van der Waals surface area contributed by atoms with Crippen LogP contribution < -0.4 is 5.32 Å². The fourth-order valence-electron chi connectivity index (χ4n) is 1.11. The Balaban J connectivity index is 2.87. The molecule has 1 heterocycles. The Labute approximate surface area is 62.8 Å². The van der Waals surface area contributed by atoms with Crippen molar-refractivity contribution in [3.05, 3.63) is 10.4 Å². The van der Waals surface area contributed by atoms with E-state index < -0.39 is 11.6 Å². The molecule has 11 heavy (non-hydrogen) atoms. The van der Waals surface area contributed by atoms with Gasteiger partial charge in [-0.25, -0.2) is 0 Å². The Bertz CT molecular complexity index is 211. The highest BCUT2D eigenvalue weighted by molar-refractivity contribution is 5.78. The molecular formula is C5H8N4O2. The number of nitrogens with one attached hydrogen (secondary N) is 1. The first-order chi connectivity index (χ1) is 5.21. The Hall–Kier alpha value is -1.26. The SMILES string of the molecule is [N-]=[N+]=N[C@]1(C(=O)O)CCCN1. The Morgan fingerprint density at radius 2 is 2.55 bits per heavy atom. The van der Waals surface area contributed by atoms with Crippen LogP contribution in [-0.4, -0.2) is 23.3 Å². The van der Waals surface area contributed by atoms with Gasteiger partial charge in [0.25, 0.3) is 0 Å². The fraction of sp³-hybridized carbons (Fsp3) is 0.800. The van der Waals surface area contributed by atoms with Gasteiger partial charge in [0.15, 0.2) is 5.66 Å². The van der Waals surface area contributed by atoms with Crippen LogP contribution in [0.15, 0.2) is 5.11 Å². The summed E-state index contributed by atoms with van der Waals surface area (Å²) in [6.45, 7) is 0.589. The molecule has 0 bridgehead atoms. The Morgan fingerprint density at radius 1 is 1.82 bits per heavy atom. The number of carboxylic acids is 1. The van der Waals surface area contributed by atoms with Crippen molar-refractivity contribution in [3.8, 4) is 0 Å². The monoisotopic (exact) mass is 156 g/mol. The third-order valence-electron chi connectivity index (χ3n) is 1.70. The van der Waals surface area contributed by atoms with Gasteiger partial charge < -0.3 is 5.11 Å². The van der Waals surface area contributed by atoms with Gasteiger partial charge in [0.2, 0.25) is 0 Å². The van der Waals surface area contributed by atoms with Crippen LogP contribution in [0.2, 0.25) is 0 Å². The van der Waals surface area contributed by atoms with Gasteiger partial charge in [0.1, 0.15) is 0 Å². The first-order valence-electron chi connectivity index (χ1n) is 3.26. The van der Waals surface area contributed by atoms with E-state index in [1.54, 1.807) is 0 Å². The fourth-order valence-corrected chi connectivity index (χ4v) is 1.11. The molecule has 0 aromatic rings. The highest BCUT2D eigenvalue weighted by Crippen LogP contribution is 2.20. The van der Waals surface area contributed by atoms with Gasteiger partial charge in [0, 0.05) is 4.91 Å². The van der Waals surface area contributed by atoms with Crippen LogP contribution in [0.1, 0.15) is 12.8 Å². The van der Waals surface area contributed by atoms with E-state index in [1.165, 1.54) is 0 Å². The van der Waals surface area contributed by atoms with Crippen LogP contribution in [-0.2, 0) is 4.79 Å². The second kappa shape index (κ2) is 2.77. The van der Waals surface area contributed by atoms with E-state index in [2.05, 4.69) is 15.3 Å². The minimum atomic E-state index is -1.38. The molecule has 0 amide bonds. The van der Waals surface area contributed by atoms with Crippen LogP contribution in [0, 0.1) is 0 Å². The molecule has 1 aliphatic rings. The summed E-state index contributed by atoms with van der Waals surface area (Å²) < 4.78 is 0. The van der Waals surface area contributed by atoms with Gasteiger partial charge in [-0.05, 0) is 24.9 Å². The van der Waals surface area contributed by atoms with Crippen LogP contribution in [0.3, 0.4) is 0 Å². The van der Waals surface area contributed by atoms with Crippen molar-refractivity contribution in [3.63, 3.8) is 0 Å². The zero-order valence-corrected chi connectivity index (χ0v) is 5.82. The first kappa shape index (κ1) is 7.84. The normalized spacial score (nSPS) is 29.5. The minimum absolute atomic E-state index is 0.367. The molecule has 1 aliphatic heterocycles. The average Bonchev–Trinajstić information content (AvgIpc) is 2.38. The second-order valence-electron chi connectivity index (χ2n) is 2.39. The van der Waals surface area contributed by atoms with E-state index in [-0.39, 0.29) is 0 Å². The van der Waals surface area contributed by atoms with Crippen molar-refractivity contribution in [2.24, 2.45) is 5.11 Å². The summed E-state index contributed by atoms with van der Waals surface area (Å²) >= 11 is 0. The van der Waals surface area contributed by atoms with Crippen LogP contribution in [0.25, 0.3) is 10.4 Å². The Kier molecular flexibility index (Phi) is 1.98. The van der Waals surface area contributed by atoms with Gasteiger partial charge in [-0.3, -0.25) is 10.1 Å². The number of azide groups is 1. The van der Waals surface area contributed by atoms with Crippen molar-refractivity contribution in [2.75, 3.05) is 6.54 Å². The van der Waals surface area contributed by atoms with E-state index >= 15 is 0 Å². The predicted octanol–water partition coefficient (Wildman–Crippen LogP) is 0.461. The van der Waals surface area contributed by atoms with Gasteiger partial charge in [0.05, 0.1) is 0 Å². The maximum atomic E-state index is 10.6. The number of carbonyl (C=O) groups is 1. The molecular weight excluding hydrogens is 148 g/mol. The summed E-state index contributed by atoms with van der Waals surface area (Å²) in [5, 5.41) is 14.5. The molecule has 0 unspecified atom stereocenters. The van der Waals surface area contributed by atoms with Crippen molar-refractivity contribution in [2.45, 2.75) is 18.5 Å². The summed E-state index contributed by atoms with van der Waals surface area (Å²) in [4.78, 5) is 13.1. The second-order valence-corrected chi connectivity index (χ2v) is 2.39. The molecule has 2 N–H and O–H groups in total. The highest BCUT2D eigenvalue weighted by Gasteiger charge is 2.40. The third-order valence-corrected chi connectivity index (χ3v) is 1.70. The molecule has 0 saturated carbocycles. The van der Waals surface area contributed by atoms with E-state index in [9.17, 15) is 4.79 Å². The lowest BCUT2D eigenvalue weighted by Crippen LogP contribution is -2.45. The third kappa shape index (κ3) is 1.26. The standard InChI is InChI=1S/C5H8N4O2/c6-9-8-5(4(10)11)2-1-3-7-5/h7H,1-3H2,(H,10,11)/t5-/m0/s1. The zero-order valence-electron chi connectivity index (χ0n) is 5.82. The van der Waals surface area contributed by atoms with Crippen LogP contribution in [0.5, 0.6) is 0 Å². The van der Waals surface area contributed by atoms with Gasteiger partial charge in [-0.2, -0.15) is 0 Å². The van der Waals surface area contributed by atoms with Crippen molar-refractivity contribution < 1.29 is 9.90 Å². The lowest BCUT2D eigenvalue weighted by molar-refractivity contribution is -0.143. The van der Waals surface area contributed by atoms with Crippen LogP contribution >= 0.6 is 0 Å². The number of nitrogens with zero attached hydrogens (tertiary/aromatic N) is 3. The highest BCUT2D eigenvalue weighted by atomic mass is 16.4. The molecule has 1 saturated heterocycles. The molecule has 0 aliphatic carbocycles. The van der Waals surface area contributed by atoms with E-state index in [0.717, 1.165) is 6.42 Å². The van der Waals surface area contributed by atoms with Crippen LogP contribution in [0.4, 0.5) is 0 Å². The number of hydrogen-bond acceptors (Lipinski definition) is 3. The van der Waals surface area contributed by atoms with Crippen molar-refractivity contribution in [1.82, 2.24) is 5.32 Å². The quantitative estimate of drug-likeness (QED) is 0.345.